The number of nitrogens with one attached hydrogen (secondary N) is 2. The van der Waals surface area contributed by atoms with Gasteiger partial charge in [-0.2, -0.15) is 0 Å². The van der Waals surface area contributed by atoms with Crippen molar-refractivity contribution in [3.05, 3.63) is 60.2 Å². The van der Waals surface area contributed by atoms with Crippen LogP contribution in [0.25, 0.3) is 38.9 Å². The summed E-state index contributed by atoms with van der Waals surface area (Å²) in [5.74, 6) is 1.68. The Balaban J connectivity index is 1.59. The van der Waals surface area contributed by atoms with Gasteiger partial charge in [0.15, 0.2) is 5.82 Å². The van der Waals surface area contributed by atoms with Crippen LogP contribution in [0.4, 0.5) is 5.82 Å². The highest BCUT2D eigenvalue weighted by atomic mass is 15.2. The summed E-state index contributed by atoms with van der Waals surface area (Å²) < 4.78 is 0. The molecule has 1 aliphatic carbocycles. The summed E-state index contributed by atoms with van der Waals surface area (Å²) in [6.07, 6.45) is 11.9. The second-order valence-electron chi connectivity index (χ2n) is 10.3. The molecule has 2 aliphatic rings. The zero-order chi connectivity index (χ0) is 23.4. The molecule has 0 amide bonds. The summed E-state index contributed by atoms with van der Waals surface area (Å²) >= 11 is 0. The SMILES string of the molecule is C[C@H]1CN(c2nc(-c3ccnc4[nH]c(C(C)(C)C)cc34)nc3cncc(C4=CC=C4)c23)CCN1. The molecule has 5 heterocycles. The minimum absolute atomic E-state index is 0.00680. The predicted molar refractivity (Wildman–Crippen MR) is 138 cm³/mol. The van der Waals surface area contributed by atoms with Crippen LogP contribution >= 0.6 is 0 Å². The summed E-state index contributed by atoms with van der Waals surface area (Å²) in [6, 6.07) is 4.60. The molecule has 0 radical (unpaired) electrons. The lowest BCUT2D eigenvalue weighted by Gasteiger charge is -2.34. The van der Waals surface area contributed by atoms with E-state index in [0.29, 0.717) is 11.9 Å². The van der Waals surface area contributed by atoms with E-state index in [4.69, 9.17) is 9.97 Å². The summed E-state index contributed by atoms with van der Waals surface area (Å²) in [7, 11) is 0. The van der Waals surface area contributed by atoms with E-state index in [0.717, 1.165) is 64.2 Å². The maximum absolute atomic E-state index is 5.22. The van der Waals surface area contributed by atoms with Crippen LogP contribution in [0.2, 0.25) is 0 Å². The Morgan fingerprint density at radius 1 is 1.12 bits per heavy atom. The first-order valence-electron chi connectivity index (χ1n) is 11.9. The number of hydrogen-bond donors (Lipinski definition) is 2. The third-order valence-corrected chi connectivity index (χ3v) is 6.70. The Morgan fingerprint density at radius 2 is 1.97 bits per heavy atom. The van der Waals surface area contributed by atoms with Crippen molar-refractivity contribution in [2.45, 2.75) is 39.2 Å². The molecule has 0 spiro atoms. The van der Waals surface area contributed by atoms with Gasteiger partial charge in [0.05, 0.1) is 17.1 Å². The molecular weight excluding hydrogens is 422 g/mol. The van der Waals surface area contributed by atoms with Crippen LogP contribution in [0.15, 0.2) is 49.0 Å². The topological polar surface area (TPSA) is 82.6 Å². The van der Waals surface area contributed by atoms with Gasteiger partial charge in [-0.15, -0.1) is 0 Å². The van der Waals surface area contributed by atoms with Crippen molar-refractivity contribution < 1.29 is 0 Å². The number of nitrogens with zero attached hydrogens (tertiary/aromatic N) is 5. The highest BCUT2D eigenvalue weighted by molar-refractivity contribution is 6.03. The zero-order valence-corrected chi connectivity index (χ0v) is 20.1. The van der Waals surface area contributed by atoms with Crippen LogP contribution in [-0.2, 0) is 5.41 Å². The van der Waals surface area contributed by atoms with Crippen molar-refractivity contribution in [1.82, 2.24) is 30.2 Å². The van der Waals surface area contributed by atoms with Crippen molar-refractivity contribution in [3.8, 4) is 11.4 Å². The molecular formula is C27H29N7. The fourth-order valence-electron chi connectivity index (χ4n) is 4.76. The van der Waals surface area contributed by atoms with E-state index in [1.54, 1.807) is 0 Å². The first-order chi connectivity index (χ1) is 16.4. The van der Waals surface area contributed by atoms with Gasteiger partial charge in [-0.1, -0.05) is 39.0 Å². The van der Waals surface area contributed by atoms with Crippen LogP contribution in [0.5, 0.6) is 0 Å². The summed E-state index contributed by atoms with van der Waals surface area (Å²) in [6.45, 7) is 11.5. The number of pyridine rings is 2. The first-order valence-corrected chi connectivity index (χ1v) is 11.9. The molecule has 0 bridgehead atoms. The largest absolute Gasteiger partial charge is 0.353 e. The number of aromatic amines is 1. The summed E-state index contributed by atoms with van der Waals surface area (Å²) in [5, 5.41) is 5.65. The number of allylic oxidation sites excluding steroid dienone is 4. The molecule has 172 valence electrons. The van der Waals surface area contributed by atoms with Gasteiger partial charge in [0.25, 0.3) is 0 Å². The predicted octanol–water partition coefficient (Wildman–Crippen LogP) is 4.62. The number of anilines is 1. The number of fused-ring (bicyclic) bond motifs is 2. The molecule has 34 heavy (non-hydrogen) atoms. The lowest BCUT2D eigenvalue weighted by molar-refractivity contribution is 0.483. The quantitative estimate of drug-likeness (QED) is 0.473. The second-order valence-corrected chi connectivity index (χ2v) is 10.3. The summed E-state index contributed by atoms with van der Waals surface area (Å²) in [4.78, 5) is 25.3. The molecule has 4 aromatic heterocycles. The molecule has 1 atom stereocenters. The van der Waals surface area contributed by atoms with Crippen molar-refractivity contribution in [3.63, 3.8) is 0 Å². The Morgan fingerprint density at radius 3 is 2.71 bits per heavy atom. The minimum atomic E-state index is -0.00680. The van der Waals surface area contributed by atoms with Gasteiger partial charge >= 0.3 is 0 Å². The average molecular weight is 452 g/mol. The van der Waals surface area contributed by atoms with Crippen molar-refractivity contribution in [2.75, 3.05) is 24.5 Å². The van der Waals surface area contributed by atoms with Gasteiger partial charge in [-0.3, -0.25) is 4.98 Å². The van der Waals surface area contributed by atoms with Crippen LogP contribution in [-0.4, -0.2) is 50.6 Å². The Labute approximate surface area is 199 Å². The van der Waals surface area contributed by atoms with Crippen LogP contribution in [0.1, 0.15) is 39.0 Å². The average Bonchev–Trinajstić information content (AvgIpc) is 3.22. The van der Waals surface area contributed by atoms with E-state index in [1.807, 2.05) is 24.7 Å². The number of piperazine rings is 1. The second kappa shape index (κ2) is 7.74. The molecule has 1 saturated heterocycles. The smallest absolute Gasteiger partial charge is 0.163 e. The number of aromatic nitrogens is 5. The number of rotatable bonds is 3. The summed E-state index contributed by atoms with van der Waals surface area (Å²) in [5.41, 5.74) is 6.10. The van der Waals surface area contributed by atoms with Gasteiger partial charge in [-0.05, 0) is 24.6 Å². The third-order valence-electron chi connectivity index (χ3n) is 6.70. The molecule has 7 heteroatoms. The molecule has 1 fully saturated rings. The third kappa shape index (κ3) is 3.47. The first kappa shape index (κ1) is 21.0. The molecule has 6 rings (SSSR count). The number of hydrogen-bond acceptors (Lipinski definition) is 6. The molecule has 0 saturated carbocycles. The van der Waals surface area contributed by atoms with E-state index >= 15 is 0 Å². The standard InChI is InChI=1S/C27H29N7/c1-16-15-34(11-10-29-16)26-23-20(17-6-5-7-17)13-28-14-21(23)31-25(33-26)18-8-9-30-24-19(18)12-22(32-24)27(2,3)4/h5-9,12-14,16,29H,10-11,15H2,1-4H3,(H,30,32)/t16-/m0/s1. The molecule has 7 nitrogen and oxygen atoms in total. The fraction of sp³-hybridized carbons (Fsp3) is 0.333. The van der Waals surface area contributed by atoms with Crippen LogP contribution in [0, 0.1) is 0 Å². The van der Waals surface area contributed by atoms with E-state index in [2.05, 4.69) is 77.2 Å². The Bertz CT molecular complexity index is 1470. The van der Waals surface area contributed by atoms with E-state index in [1.165, 1.54) is 5.57 Å². The Kier molecular flexibility index (Phi) is 4.78. The minimum Gasteiger partial charge on any atom is -0.353 e. The maximum atomic E-state index is 5.22. The van der Waals surface area contributed by atoms with E-state index in [9.17, 15) is 0 Å². The van der Waals surface area contributed by atoms with Gasteiger partial charge in [0.2, 0.25) is 0 Å². The maximum Gasteiger partial charge on any atom is 0.163 e. The fourth-order valence-corrected chi connectivity index (χ4v) is 4.76. The van der Waals surface area contributed by atoms with Gasteiger partial charge in [-0.25, -0.2) is 15.0 Å². The lowest BCUT2D eigenvalue weighted by atomic mass is 9.92. The molecule has 1 aliphatic heterocycles. The van der Waals surface area contributed by atoms with E-state index in [-0.39, 0.29) is 5.41 Å². The van der Waals surface area contributed by atoms with Gasteiger partial charge in [0.1, 0.15) is 11.5 Å². The monoisotopic (exact) mass is 451 g/mol. The van der Waals surface area contributed by atoms with Crippen molar-refractivity contribution >= 4 is 33.3 Å². The molecule has 2 N–H and O–H groups in total. The highest BCUT2D eigenvalue weighted by Crippen LogP contribution is 2.37. The molecule has 0 aromatic carbocycles. The van der Waals surface area contributed by atoms with Crippen molar-refractivity contribution in [1.29, 1.82) is 0 Å². The molecule has 0 unspecified atom stereocenters. The zero-order valence-electron chi connectivity index (χ0n) is 20.1. The highest BCUT2D eigenvalue weighted by Gasteiger charge is 2.25. The molecule has 4 aromatic rings. The normalized spacial score (nSPS) is 18.4. The Hall–Kier alpha value is -3.58. The lowest BCUT2D eigenvalue weighted by Crippen LogP contribution is -2.49. The van der Waals surface area contributed by atoms with Crippen LogP contribution in [0.3, 0.4) is 0 Å². The van der Waals surface area contributed by atoms with Gasteiger partial charge in [0, 0.05) is 65.7 Å². The number of H-pyrrole nitrogens is 1. The van der Waals surface area contributed by atoms with Crippen molar-refractivity contribution in [2.24, 2.45) is 0 Å². The van der Waals surface area contributed by atoms with Gasteiger partial charge < -0.3 is 15.2 Å². The van der Waals surface area contributed by atoms with Crippen LogP contribution < -0.4 is 10.2 Å². The van der Waals surface area contributed by atoms with E-state index < -0.39 is 0 Å².